The summed E-state index contributed by atoms with van der Waals surface area (Å²) in [6.45, 7) is 0. The highest BCUT2D eigenvalue weighted by molar-refractivity contribution is 5.56. The van der Waals surface area contributed by atoms with Crippen molar-refractivity contribution in [2.24, 2.45) is 0 Å². The number of rotatable bonds is 1. The number of anilines is 1. The Morgan fingerprint density at radius 1 is 1.64 bits per heavy atom. The molecule has 0 amide bonds. The molecular formula is C6H6N4O. The predicted molar refractivity (Wildman–Crippen MR) is 37.7 cm³/mol. The second kappa shape index (κ2) is 2.84. The van der Waals surface area contributed by atoms with E-state index in [-0.39, 0.29) is 17.3 Å². The summed E-state index contributed by atoms with van der Waals surface area (Å²) < 4.78 is 4.76. The van der Waals surface area contributed by atoms with E-state index in [0.29, 0.717) is 0 Å². The van der Waals surface area contributed by atoms with E-state index in [1.165, 1.54) is 13.4 Å². The smallest absolute Gasteiger partial charge is 0.241 e. The first-order chi connectivity index (χ1) is 5.29. The van der Waals surface area contributed by atoms with Crippen LogP contribution < -0.4 is 10.5 Å². The molecule has 1 aromatic rings. The Kier molecular flexibility index (Phi) is 1.88. The van der Waals surface area contributed by atoms with Gasteiger partial charge in [0.2, 0.25) is 5.88 Å². The zero-order valence-corrected chi connectivity index (χ0v) is 5.90. The van der Waals surface area contributed by atoms with Gasteiger partial charge in [-0.3, -0.25) is 0 Å². The fourth-order valence-corrected chi connectivity index (χ4v) is 0.631. The Morgan fingerprint density at radius 3 is 2.91 bits per heavy atom. The summed E-state index contributed by atoms with van der Waals surface area (Å²) in [4.78, 5) is 7.32. The van der Waals surface area contributed by atoms with Crippen LogP contribution in [0.2, 0.25) is 0 Å². The Bertz CT molecular complexity index is 304. The quantitative estimate of drug-likeness (QED) is 0.606. The first-order valence-electron chi connectivity index (χ1n) is 2.84. The number of aromatic nitrogens is 2. The number of nitrogen functional groups attached to an aromatic ring is 1. The Balaban J connectivity index is 3.23. The molecule has 1 heterocycles. The third kappa shape index (κ3) is 1.19. The Morgan fingerprint density at radius 2 is 2.36 bits per heavy atom. The van der Waals surface area contributed by atoms with Crippen LogP contribution in [0.15, 0.2) is 6.33 Å². The highest BCUT2D eigenvalue weighted by Crippen LogP contribution is 2.17. The van der Waals surface area contributed by atoms with Crippen molar-refractivity contribution in [1.82, 2.24) is 9.97 Å². The number of hydrogen-bond acceptors (Lipinski definition) is 5. The molecule has 0 aromatic carbocycles. The van der Waals surface area contributed by atoms with Gasteiger partial charge in [-0.25, -0.2) is 4.98 Å². The molecule has 0 spiro atoms. The van der Waals surface area contributed by atoms with Gasteiger partial charge in [-0.2, -0.15) is 10.2 Å². The van der Waals surface area contributed by atoms with Crippen molar-refractivity contribution in [2.75, 3.05) is 12.8 Å². The minimum absolute atomic E-state index is 0.136. The summed E-state index contributed by atoms with van der Waals surface area (Å²) in [5, 5.41) is 8.46. The van der Waals surface area contributed by atoms with Crippen LogP contribution in [-0.4, -0.2) is 17.1 Å². The average molecular weight is 150 g/mol. The van der Waals surface area contributed by atoms with Gasteiger partial charge in [0.25, 0.3) is 0 Å². The molecule has 0 atom stereocenters. The molecule has 0 radical (unpaired) electrons. The third-order valence-electron chi connectivity index (χ3n) is 1.15. The van der Waals surface area contributed by atoms with E-state index < -0.39 is 0 Å². The van der Waals surface area contributed by atoms with Crippen LogP contribution in [-0.2, 0) is 0 Å². The predicted octanol–water partition coefficient (Wildman–Crippen LogP) is -0.0609. The zero-order valence-electron chi connectivity index (χ0n) is 5.90. The summed E-state index contributed by atoms with van der Waals surface area (Å²) in [7, 11) is 1.43. The molecule has 1 rings (SSSR count). The van der Waals surface area contributed by atoms with Gasteiger partial charge in [0.15, 0.2) is 5.69 Å². The molecule has 11 heavy (non-hydrogen) atoms. The highest BCUT2D eigenvalue weighted by Gasteiger charge is 2.05. The molecule has 5 nitrogen and oxygen atoms in total. The monoisotopic (exact) mass is 150 g/mol. The lowest BCUT2D eigenvalue weighted by Crippen LogP contribution is -1.99. The van der Waals surface area contributed by atoms with Gasteiger partial charge in [-0.15, -0.1) is 0 Å². The Labute approximate surface area is 63.4 Å². The molecule has 56 valence electrons. The van der Waals surface area contributed by atoms with Crippen LogP contribution in [0.4, 0.5) is 5.69 Å². The largest absolute Gasteiger partial charge is 0.479 e. The zero-order chi connectivity index (χ0) is 8.27. The van der Waals surface area contributed by atoms with E-state index in [4.69, 9.17) is 15.7 Å². The normalized spacial score (nSPS) is 8.73. The first-order valence-corrected chi connectivity index (χ1v) is 2.84. The van der Waals surface area contributed by atoms with Crippen LogP contribution >= 0.6 is 0 Å². The van der Waals surface area contributed by atoms with Crippen LogP contribution in [0, 0.1) is 11.3 Å². The number of nitrogens with zero attached hydrogens (tertiary/aromatic N) is 3. The topological polar surface area (TPSA) is 84.8 Å². The molecule has 0 aliphatic heterocycles. The number of nitrogens with two attached hydrogens (primary N) is 1. The highest BCUT2D eigenvalue weighted by atomic mass is 16.5. The molecular weight excluding hydrogens is 144 g/mol. The summed E-state index contributed by atoms with van der Waals surface area (Å²) in [6.07, 6.45) is 1.23. The molecule has 0 aliphatic carbocycles. The number of hydrogen-bond donors (Lipinski definition) is 1. The van der Waals surface area contributed by atoms with Crippen molar-refractivity contribution in [3.05, 3.63) is 12.0 Å². The van der Waals surface area contributed by atoms with Crippen LogP contribution in [0.25, 0.3) is 0 Å². The molecule has 0 fully saturated rings. The van der Waals surface area contributed by atoms with Crippen molar-refractivity contribution in [3.8, 4) is 11.9 Å². The minimum Gasteiger partial charge on any atom is -0.479 e. The summed E-state index contributed by atoms with van der Waals surface area (Å²) in [5.74, 6) is 0.233. The summed E-state index contributed by atoms with van der Waals surface area (Å²) >= 11 is 0. The number of nitriles is 1. The summed E-state index contributed by atoms with van der Waals surface area (Å²) in [5.41, 5.74) is 5.75. The first kappa shape index (κ1) is 7.28. The van der Waals surface area contributed by atoms with E-state index >= 15 is 0 Å². The van der Waals surface area contributed by atoms with Gasteiger partial charge in [-0.05, 0) is 0 Å². The van der Waals surface area contributed by atoms with Gasteiger partial charge in [0.1, 0.15) is 18.1 Å². The fourth-order valence-electron chi connectivity index (χ4n) is 0.631. The lowest BCUT2D eigenvalue weighted by Gasteiger charge is -2.01. The molecule has 0 unspecified atom stereocenters. The molecule has 0 saturated carbocycles. The van der Waals surface area contributed by atoms with Gasteiger partial charge >= 0.3 is 0 Å². The van der Waals surface area contributed by atoms with Gasteiger partial charge in [-0.1, -0.05) is 0 Å². The van der Waals surface area contributed by atoms with E-state index in [1.807, 2.05) is 6.07 Å². The van der Waals surface area contributed by atoms with E-state index in [0.717, 1.165) is 0 Å². The molecule has 1 aromatic heterocycles. The molecule has 0 bridgehead atoms. The summed E-state index contributed by atoms with van der Waals surface area (Å²) in [6, 6.07) is 1.81. The van der Waals surface area contributed by atoms with Crippen LogP contribution in [0.5, 0.6) is 5.88 Å². The van der Waals surface area contributed by atoms with Crippen LogP contribution in [0.3, 0.4) is 0 Å². The average Bonchev–Trinajstić information content (AvgIpc) is 2.05. The number of ether oxygens (including phenoxy) is 1. The second-order valence-corrected chi connectivity index (χ2v) is 1.76. The third-order valence-corrected chi connectivity index (χ3v) is 1.15. The Hall–Kier alpha value is -1.83. The van der Waals surface area contributed by atoms with Gasteiger partial charge < -0.3 is 10.5 Å². The second-order valence-electron chi connectivity index (χ2n) is 1.76. The van der Waals surface area contributed by atoms with E-state index in [9.17, 15) is 0 Å². The standard InChI is InChI=1S/C6H6N4O/c1-11-6-5(8)4(2-7)9-3-10-6/h3H,8H2,1H3. The van der Waals surface area contributed by atoms with Crippen LogP contribution in [0.1, 0.15) is 5.69 Å². The van der Waals surface area contributed by atoms with Crippen molar-refractivity contribution in [2.45, 2.75) is 0 Å². The van der Waals surface area contributed by atoms with Crippen molar-refractivity contribution in [1.29, 1.82) is 5.26 Å². The van der Waals surface area contributed by atoms with Gasteiger partial charge in [0.05, 0.1) is 7.11 Å². The SMILES string of the molecule is COc1ncnc(C#N)c1N. The van der Waals surface area contributed by atoms with Crippen molar-refractivity contribution in [3.63, 3.8) is 0 Å². The molecule has 2 N–H and O–H groups in total. The minimum atomic E-state index is 0.136. The lowest BCUT2D eigenvalue weighted by molar-refractivity contribution is 0.399. The fraction of sp³-hybridized carbons (Fsp3) is 0.167. The van der Waals surface area contributed by atoms with Gasteiger partial charge in [0, 0.05) is 0 Å². The lowest BCUT2D eigenvalue weighted by atomic mass is 10.4. The van der Waals surface area contributed by atoms with Crippen molar-refractivity contribution < 1.29 is 4.74 Å². The molecule has 5 heteroatoms. The number of methoxy groups -OCH3 is 1. The molecule has 0 saturated heterocycles. The maximum atomic E-state index is 8.46. The maximum Gasteiger partial charge on any atom is 0.241 e. The maximum absolute atomic E-state index is 8.46. The van der Waals surface area contributed by atoms with Crippen molar-refractivity contribution >= 4 is 5.69 Å². The van der Waals surface area contributed by atoms with E-state index in [1.54, 1.807) is 0 Å². The van der Waals surface area contributed by atoms with E-state index in [2.05, 4.69) is 9.97 Å². The molecule has 0 aliphatic rings.